The van der Waals surface area contributed by atoms with Crippen molar-refractivity contribution in [3.63, 3.8) is 0 Å². The van der Waals surface area contributed by atoms with Crippen molar-refractivity contribution in [3.8, 4) is 16.9 Å². The molecule has 3 aromatic carbocycles. The molecule has 2 aliphatic rings. The van der Waals surface area contributed by atoms with Crippen molar-refractivity contribution in [2.24, 2.45) is 7.05 Å². The number of hydroxylamine groups is 2. The Morgan fingerprint density at radius 2 is 1.65 bits per heavy atom. The highest BCUT2D eigenvalue weighted by Crippen LogP contribution is 2.47. The molecule has 0 saturated carbocycles. The molecule has 5 heterocycles. The Morgan fingerprint density at radius 3 is 2.38 bits per heavy atom. The molecule has 0 unspecified atom stereocenters. The van der Waals surface area contributed by atoms with E-state index in [0.717, 1.165) is 88.2 Å². The Labute approximate surface area is 330 Å². The third kappa shape index (κ3) is 6.13. The summed E-state index contributed by atoms with van der Waals surface area (Å²) in [4.78, 5) is 27.7. The fourth-order valence-electron chi connectivity index (χ4n) is 8.24. The summed E-state index contributed by atoms with van der Waals surface area (Å²) >= 11 is 13.6. The van der Waals surface area contributed by atoms with Crippen molar-refractivity contribution in [2.75, 3.05) is 23.0 Å². The van der Waals surface area contributed by atoms with Crippen molar-refractivity contribution < 1.29 is 14.7 Å². The van der Waals surface area contributed by atoms with Crippen molar-refractivity contribution in [2.45, 2.75) is 60.4 Å². The Morgan fingerprint density at radius 1 is 0.927 bits per heavy atom. The molecule has 3 aromatic heterocycles. The third-order valence-electron chi connectivity index (χ3n) is 11.0. The fraction of sp³-hybridized carbons (Fsp3) is 0.279. The standard InChI is InChI=1S/C43H43Cl2N7O3/c1-24-15-32(16-25(2)39(24)45)55-14-8-9-33-34-11-12-36(44)42(51-27(4)21-50(54)28(5)29(51)6)40(34)52-26(3)20-49(43(53)41(33)52)38-22-48(7)37-13-10-30(17-35(37)38)31-18-46-23-47-19-31/h10-13,15-19,21-23,26,54H,8-9,14,20H2,1-7H3/t26-/m1/s1. The number of aromatic nitrogens is 4. The van der Waals surface area contributed by atoms with Gasteiger partial charge in [-0.25, -0.2) is 15.0 Å². The summed E-state index contributed by atoms with van der Waals surface area (Å²) in [6, 6.07) is 14.0. The molecule has 1 N–H and O–H groups in total. The van der Waals surface area contributed by atoms with Crippen LogP contribution in [0.1, 0.15) is 67.3 Å². The van der Waals surface area contributed by atoms with E-state index in [0.29, 0.717) is 42.4 Å². The van der Waals surface area contributed by atoms with Crippen LogP contribution in [-0.2, 0) is 13.5 Å². The number of fused-ring (bicyclic) bond motifs is 4. The monoisotopic (exact) mass is 775 g/mol. The predicted molar refractivity (Wildman–Crippen MR) is 220 cm³/mol. The number of allylic oxidation sites excluding steroid dienone is 3. The van der Waals surface area contributed by atoms with Crippen LogP contribution < -0.4 is 14.5 Å². The van der Waals surface area contributed by atoms with Gasteiger partial charge in [0, 0.05) is 76.5 Å². The highest BCUT2D eigenvalue weighted by molar-refractivity contribution is 6.35. The molecular weight excluding hydrogens is 733 g/mol. The summed E-state index contributed by atoms with van der Waals surface area (Å²) in [7, 11) is 2.01. The van der Waals surface area contributed by atoms with Crippen LogP contribution >= 0.6 is 23.2 Å². The summed E-state index contributed by atoms with van der Waals surface area (Å²) in [5.74, 6) is 0.696. The summed E-state index contributed by atoms with van der Waals surface area (Å²) in [5.41, 5.74) is 11.3. The largest absolute Gasteiger partial charge is 0.494 e. The minimum atomic E-state index is -0.118. The summed E-state index contributed by atoms with van der Waals surface area (Å²) < 4.78 is 10.5. The van der Waals surface area contributed by atoms with E-state index >= 15 is 4.79 Å². The molecule has 55 heavy (non-hydrogen) atoms. The van der Waals surface area contributed by atoms with Crippen LogP contribution in [0.25, 0.3) is 32.9 Å². The molecule has 0 aliphatic carbocycles. The van der Waals surface area contributed by atoms with E-state index in [1.807, 2.05) is 77.0 Å². The van der Waals surface area contributed by atoms with Crippen LogP contribution in [0.4, 0.5) is 11.4 Å². The first-order chi connectivity index (χ1) is 26.3. The van der Waals surface area contributed by atoms with Crippen LogP contribution in [0.5, 0.6) is 5.75 Å². The minimum absolute atomic E-state index is 0.0759. The van der Waals surface area contributed by atoms with E-state index in [1.165, 1.54) is 6.33 Å². The first kappa shape index (κ1) is 36.7. The van der Waals surface area contributed by atoms with Crippen LogP contribution in [0.15, 0.2) is 90.7 Å². The van der Waals surface area contributed by atoms with Gasteiger partial charge in [0.25, 0.3) is 5.91 Å². The maximum absolute atomic E-state index is 15.2. The second-order valence-electron chi connectivity index (χ2n) is 14.7. The summed E-state index contributed by atoms with van der Waals surface area (Å²) in [6.45, 7) is 12.8. The number of carbonyl (C=O) groups excluding carboxylic acids is 1. The molecule has 6 aromatic rings. The zero-order valence-corrected chi connectivity index (χ0v) is 33.5. The van der Waals surface area contributed by atoms with Gasteiger partial charge in [0.05, 0.1) is 40.4 Å². The molecule has 1 atom stereocenters. The zero-order chi connectivity index (χ0) is 38.9. The highest BCUT2D eigenvalue weighted by atomic mass is 35.5. The van der Waals surface area contributed by atoms with Gasteiger partial charge in [-0.3, -0.25) is 10.0 Å². The lowest BCUT2D eigenvalue weighted by atomic mass is 10.0. The molecule has 282 valence electrons. The second kappa shape index (κ2) is 14.1. The average Bonchev–Trinajstić information content (AvgIpc) is 3.68. The third-order valence-corrected chi connectivity index (χ3v) is 11.9. The lowest BCUT2D eigenvalue weighted by molar-refractivity contribution is -0.00785. The molecule has 0 spiro atoms. The first-order valence-electron chi connectivity index (χ1n) is 18.4. The van der Waals surface area contributed by atoms with Crippen LogP contribution in [0, 0.1) is 13.8 Å². The van der Waals surface area contributed by atoms with Crippen molar-refractivity contribution in [3.05, 3.63) is 123 Å². The number of hydrogen-bond acceptors (Lipinski definition) is 7. The molecule has 1 amide bonds. The maximum Gasteiger partial charge on any atom is 0.275 e. The van der Waals surface area contributed by atoms with E-state index in [-0.39, 0.29) is 11.9 Å². The lowest BCUT2D eigenvalue weighted by Gasteiger charge is -2.37. The number of nitrogens with zero attached hydrogens (tertiary/aromatic N) is 7. The SMILES string of the molecule is CC1=CN(O)C(C)=C(C)N1c1c(Cl)ccc2c(CCCOc3cc(C)c(Cl)c(C)c3)c3n(c12)[C@H](C)CN(c1cn(C)c2ccc(-c4cncnc4)cc12)C3=O. The Kier molecular flexibility index (Phi) is 9.39. The molecule has 0 radical (unpaired) electrons. The van der Waals surface area contributed by atoms with Gasteiger partial charge in [-0.15, -0.1) is 0 Å². The number of hydrogen-bond donors (Lipinski definition) is 1. The topological polar surface area (TPSA) is 91.9 Å². The Bertz CT molecular complexity index is 2570. The number of ether oxygens (including phenoxy) is 1. The van der Waals surface area contributed by atoms with Crippen molar-refractivity contribution >= 4 is 62.3 Å². The van der Waals surface area contributed by atoms with Gasteiger partial charge in [0.1, 0.15) is 17.8 Å². The fourth-order valence-corrected chi connectivity index (χ4v) is 8.59. The molecule has 0 fully saturated rings. The number of anilines is 2. The van der Waals surface area contributed by atoms with E-state index in [4.69, 9.17) is 27.9 Å². The van der Waals surface area contributed by atoms with Crippen molar-refractivity contribution in [1.82, 2.24) is 24.2 Å². The van der Waals surface area contributed by atoms with Gasteiger partial charge in [0.2, 0.25) is 0 Å². The molecule has 12 heteroatoms. The van der Waals surface area contributed by atoms with Gasteiger partial charge in [-0.05, 0) is 107 Å². The molecule has 2 aliphatic heterocycles. The second-order valence-corrected chi connectivity index (χ2v) is 15.5. The molecule has 8 rings (SSSR count). The van der Waals surface area contributed by atoms with Gasteiger partial charge in [-0.1, -0.05) is 35.3 Å². The van der Waals surface area contributed by atoms with Crippen molar-refractivity contribution in [1.29, 1.82) is 0 Å². The number of carbonyl (C=O) groups is 1. The van der Waals surface area contributed by atoms with Gasteiger partial charge in [0.15, 0.2) is 0 Å². The highest BCUT2D eigenvalue weighted by Gasteiger charge is 2.38. The molecular formula is C43H43Cl2N7O3. The Balaban J connectivity index is 1.26. The zero-order valence-electron chi connectivity index (χ0n) is 32.0. The van der Waals surface area contributed by atoms with E-state index in [2.05, 4.69) is 49.1 Å². The van der Waals surface area contributed by atoms with Crippen LogP contribution in [0.3, 0.4) is 0 Å². The maximum atomic E-state index is 15.2. The van der Waals surface area contributed by atoms with E-state index in [9.17, 15) is 5.21 Å². The van der Waals surface area contributed by atoms with Crippen LogP contribution in [0.2, 0.25) is 10.0 Å². The normalized spacial score (nSPS) is 16.1. The first-order valence-corrected chi connectivity index (χ1v) is 19.2. The lowest BCUT2D eigenvalue weighted by Crippen LogP contribution is -2.42. The van der Waals surface area contributed by atoms with Gasteiger partial charge < -0.3 is 23.7 Å². The molecule has 0 bridgehead atoms. The number of benzene rings is 3. The summed E-state index contributed by atoms with van der Waals surface area (Å²) in [5, 5.41) is 15.0. The minimum Gasteiger partial charge on any atom is -0.494 e. The predicted octanol–water partition coefficient (Wildman–Crippen LogP) is 10.4. The average molecular weight is 777 g/mol. The molecule has 10 nitrogen and oxygen atoms in total. The number of amides is 1. The number of aryl methyl sites for hydroxylation is 4. The quantitative estimate of drug-likeness (QED) is 0.154. The van der Waals surface area contributed by atoms with Gasteiger partial charge in [-0.2, -0.15) is 0 Å². The number of rotatable bonds is 8. The van der Waals surface area contributed by atoms with Gasteiger partial charge >= 0.3 is 0 Å². The summed E-state index contributed by atoms with van der Waals surface area (Å²) in [6.07, 6.45) is 10.1. The van der Waals surface area contributed by atoms with Crippen LogP contribution in [-0.4, -0.2) is 48.4 Å². The smallest absolute Gasteiger partial charge is 0.275 e. The van der Waals surface area contributed by atoms with E-state index < -0.39 is 0 Å². The number of halogens is 2. The Hall–Kier alpha value is -5.29. The van der Waals surface area contributed by atoms with E-state index in [1.54, 1.807) is 18.6 Å². The molecule has 0 saturated heterocycles.